The van der Waals surface area contributed by atoms with Gasteiger partial charge < -0.3 is 4.74 Å². The van der Waals surface area contributed by atoms with Gasteiger partial charge in [-0.3, -0.25) is 4.79 Å². The number of benzene rings is 1. The summed E-state index contributed by atoms with van der Waals surface area (Å²) in [7, 11) is 1.66. The minimum atomic E-state index is -0.136. The lowest BCUT2D eigenvalue weighted by molar-refractivity contribution is 0.334. The molecule has 1 aromatic heterocycles. The molecule has 1 heterocycles. The Morgan fingerprint density at radius 3 is 2.58 bits per heavy atom. The third-order valence-electron chi connectivity index (χ3n) is 3.07. The van der Waals surface area contributed by atoms with Crippen molar-refractivity contribution in [2.24, 2.45) is 7.05 Å². The molecule has 0 aliphatic carbocycles. The lowest BCUT2D eigenvalue weighted by Gasteiger charge is -2.14. The minimum Gasteiger partial charge on any atom is -0.491 e. The van der Waals surface area contributed by atoms with Crippen molar-refractivity contribution in [3.63, 3.8) is 0 Å². The highest BCUT2D eigenvalue weighted by Crippen LogP contribution is 2.30. The maximum atomic E-state index is 12.4. The van der Waals surface area contributed by atoms with Crippen molar-refractivity contribution < 1.29 is 4.74 Å². The maximum Gasteiger partial charge on any atom is 0.278 e. The molecular weight excluding hydrogens is 240 g/mol. The number of rotatable bonds is 3. The van der Waals surface area contributed by atoms with Crippen molar-refractivity contribution in [3.05, 3.63) is 45.9 Å². The van der Waals surface area contributed by atoms with Gasteiger partial charge in [0.25, 0.3) is 5.56 Å². The van der Waals surface area contributed by atoms with Gasteiger partial charge in [0.15, 0.2) is 5.75 Å². The van der Waals surface area contributed by atoms with Crippen LogP contribution in [0, 0.1) is 13.8 Å². The summed E-state index contributed by atoms with van der Waals surface area (Å²) in [5.41, 5.74) is 3.13. The molecule has 0 saturated heterocycles. The zero-order valence-corrected chi connectivity index (χ0v) is 11.7. The minimum absolute atomic E-state index is 0.136. The predicted molar refractivity (Wildman–Crippen MR) is 75.6 cm³/mol. The third kappa shape index (κ3) is 2.38. The molecule has 0 aliphatic rings. The Labute approximate surface area is 112 Å². The van der Waals surface area contributed by atoms with E-state index >= 15 is 0 Å². The normalized spacial score (nSPS) is 10.5. The van der Waals surface area contributed by atoms with Crippen LogP contribution in [0.4, 0.5) is 0 Å². The topological polar surface area (TPSA) is 44.1 Å². The van der Waals surface area contributed by atoms with Gasteiger partial charge in [0.05, 0.1) is 12.2 Å². The molecule has 1 aromatic carbocycles. The SMILES string of the molecule is CCOc1c(C)nn(C)c(=O)c1-c1ccccc1C. The van der Waals surface area contributed by atoms with E-state index < -0.39 is 0 Å². The van der Waals surface area contributed by atoms with Crippen molar-refractivity contribution >= 4 is 0 Å². The van der Waals surface area contributed by atoms with Crippen molar-refractivity contribution in [2.45, 2.75) is 20.8 Å². The first kappa shape index (κ1) is 13.3. The highest BCUT2D eigenvalue weighted by Gasteiger charge is 2.17. The molecule has 19 heavy (non-hydrogen) atoms. The number of nitrogens with zero attached hydrogens (tertiary/aromatic N) is 2. The van der Waals surface area contributed by atoms with Crippen molar-refractivity contribution in [2.75, 3.05) is 6.61 Å². The molecule has 0 bridgehead atoms. The number of hydrogen-bond acceptors (Lipinski definition) is 3. The van der Waals surface area contributed by atoms with Crippen molar-refractivity contribution in [1.82, 2.24) is 9.78 Å². The van der Waals surface area contributed by atoms with Gasteiger partial charge in [-0.25, -0.2) is 4.68 Å². The van der Waals surface area contributed by atoms with Crippen LogP contribution in [0.15, 0.2) is 29.1 Å². The molecule has 0 fully saturated rings. The monoisotopic (exact) mass is 258 g/mol. The smallest absolute Gasteiger partial charge is 0.278 e. The molecule has 0 radical (unpaired) electrons. The fraction of sp³-hybridized carbons (Fsp3) is 0.333. The van der Waals surface area contributed by atoms with Gasteiger partial charge in [-0.15, -0.1) is 0 Å². The average molecular weight is 258 g/mol. The largest absolute Gasteiger partial charge is 0.491 e. The molecule has 2 rings (SSSR count). The highest BCUT2D eigenvalue weighted by atomic mass is 16.5. The van der Waals surface area contributed by atoms with Gasteiger partial charge >= 0.3 is 0 Å². The average Bonchev–Trinajstić information content (AvgIpc) is 2.38. The van der Waals surface area contributed by atoms with E-state index in [9.17, 15) is 4.79 Å². The molecule has 0 N–H and O–H groups in total. The predicted octanol–water partition coefficient (Wildman–Crippen LogP) is 2.46. The highest BCUT2D eigenvalue weighted by molar-refractivity contribution is 5.73. The van der Waals surface area contributed by atoms with E-state index in [4.69, 9.17) is 4.74 Å². The van der Waals surface area contributed by atoms with Gasteiger partial charge in [0.1, 0.15) is 5.69 Å². The molecule has 4 nitrogen and oxygen atoms in total. The van der Waals surface area contributed by atoms with E-state index in [0.29, 0.717) is 17.9 Å². The van der Waals surface area contributed by atoms with Crippen LogP contribution >= 0.6 is 0 Å². The summed E-state index contributed by atoms with van der Waals surface area (Å²) in [6.45, 7) is 6.25. The fourth-order valence-corrected chi connectivity index (χ4v) is 2.17. The third-order valence-corrected chi connectivity index (χ3v) is 3.07. The fourth-order valence-electron chi connectivity index (χ4n) is 2.17. The zero-order valence-electron chi connectivity index (χ0n) is 11.7. The molecular formula is C15H18N2O2. The summed E-state index contributed by atoms with van der Waals surface area (Å²) in [6.07, 6.45) is 0. The second-order valence-corrected chi connectivity index (χ2v) is 4.47. The number of aryl methyl sites for hydroxylation is 3. The van der Waals surface area contributed by atoms with Crippen LogP contribution in [-0.2, 0) is 7.05 Å². The second-order valence-electron chi connectivity index (χ2n) is 4.47. The van der Waals surface area contributed by atoms with Crippen LogP contribution in [0.2, 0.25) is 0 Å². The van der Waals surface area contributed by atoms with Gasteiger partial charge in [-0.1, -0.05) is 24.3 Å². The van der Waals surface area contributed by atoms with Crippen LogP contribution < -0.4 is 10.3 Å². The Balaban J connectivity index is 2.81. The Bertz CT molecular complexity index is 660. The summed E-state index contributed by atoms with van der Waals surface area (Å²) in [4.78, 5) is 12.4. The van der Waals surface area contributed by atoms with Crippen LogP contribution in [0.25, 0.3) is 11.1 Å². The zero-order chi connectivity index (χ0) is 14.0. The number of aromatic nitrogens is 2. The van der Waals surface area contributed by atoms with Gasteiger partial charge in [0.2, 0.25) is 0 Å². The van der Waals surface area contributed by atoms with Crippen LogP contribution in [-0.4, -0.2) is 16.4 Å². The first-order valence-electron chi connectivity index (χ1n) is 6.33. The molecule has 0 amide bonds. The van der Waals surface area contributed by atoms with E-state index in [2.05, 4.69) is 5.10 Å². The molecule has 0 atom stereocenters. The lowest BCUT2D eigenvalue weighted by Crippen LogP contribution is -2.24. The second kappa shape index (κ2) is 5.26. The Hall–Kier alpha value is -2.10. The molecule has 100 valence electrons. The number of ether oxygens (including phenoxy) is 1. The molecule has 0 unspecified atom stereocenters. The van der Waals surface area contributed by atoms with E-state index in [1.165, 1.54) is 4.68 Å². The Morgan fingerprint density at radius 1 is 1.26 bits per heavy atom. The lowest BCUT2D eigenvalue weighted by atomic mass is 10.0. The Kier molecular flexibility index (Phi) is 3.69. The molecule has 0 spiro atoms. The standard InChI is InChI=1S/C15H18N2O2/c1-5-19-14-11(3)16-17(4)15(18)13(14)12-9-7-6-8-10(12)2/h6-9H,5H2,1-4H3. The summed E-state index contributed by atoms with van der Waals surface area (Å²) in [6, 6.07) is 7.80. The van der Waals surface area contributed by atoms with E-state index in [1.54, 1.807) is 7.05 Å². The summed E-state index contributed by atoms with van der Waals surface area (Å²) < 4.78 is 7.00. The van der Waals surface area contributed by atoms with Crippen LogP contribution in [0.5, 0.6) is 5.75 Å². The van der Waals surface area contributed by atoms with Crippen molar-refractivity contribution in [3.8, 4) is 16.9 Å². The van der Waals surface area contributed by atoms with Gasteiger partial charge in [0, 0.05) is 7.05 Å². The van der Waals surface area contributed by atoms with Crippen molar-refractivity contribution in [1.29, 1.82) is 0 Å². The molecule has 2 aromatic rings. The maximum absolute atomic E-state index is 12.4. The van der Waals surface area contributed by atoms with E-state index in [1.807, 2.05) is 45.0 Å². The molecule has 4 heteroatoms. The van der Waals surface area contributed by atoms with Crippen LogP contribution in [0.1, 0.15) is 18.2 Å². The first-order chi connectivity index (χ1) is 9.06. The summed E-state index contributed by atoms with van der Waals surface area (Å²) in [5.74, 6) is 0.583. The summed E-state index contributed by atoms with van der Waals surface area (Å²) in [5, 5.41) is 4.19. The van der Waals surface area contributed by atoms with Gasteiger partial charge in [-0.2, -0.15) is 5.10 Å². The molecule has 0 aliphatic heterocycles. The summed E-state index contributed by atoms with van der Waals surface area (Å²) >= 11 is 0. The first-order valence-corrected chi connectivity index (χ1v) is 6.33. The molecule has 0 saturated carbocycles. The van der Waals surface area contributed by atoms with E-state index in [0.717, 1.165) is 16.8 Å². The number of hydrogen-bond donors (Lipinski definition) is 0. The van der Waals surface area contributed by atoms with E-state index in [-0.39, 0.29) is 5.56 Å². The van der Waals surface area contributed by atoms with Gasteiger partial charge in [-0.05, 0) is 31.9 Å². The van der Waals surface area contributed by atoms with Crippen LogP contribution in [0.3, 0.4) is 0 Å². The Morgan fingerprint density at radius 2 is 1.95 bits per heavy atom. The quantitative estimate of drug-likeness (QED) is 0.849.